The molecule has 0 aromatic heterocycles. The van der Waals surface area contributed by atoms with Gasteiger partial charge in [-0.2, -0.15) is 0 Å². The second-order valence-electron chi connectivity index (χ2n) is 4.40. The normalized spacial score (nSPS) is 11.6. The van der Waals surface area contributed by atoms with E-state index in [2.05, 4.69) is 37.9 Å². The lowest BCUT2D eigenvalue weighted by Gasteiger charge is -2.17. The van der Waals surface area contributed by atoms with Crippen LogP contribution in [0.25, 0.3) is 0 Å². The molecule has 0 spiro atoms. The van der Waals surface area contributed by atoms with Crippen molar-refractivity contribution >= 4 is 0 Å². The summed E-state index contributed by atoms with van der Waals surface area (Å²) in [7, 11) is 0. The zero-order chi connectivity index (χ0) is 12.2. The summed E-state index contributed by atoms with van der Waals surface area (Å²) in [4.78, 5) is 2.44. The van der Waals surface area contributed by atoms with Crippen LogP contribution in [0.2, 0.25) is 0 Å². The molecular formula is C13H30N2O. The van der Waals surface area contributed by atoms with Crippen LogP contribution in [0, 0.1) is 0 Å². The number of unbranched alkanes of at least 4 members (excludes halogenated alkanes) is 1. The lowest BCUT2D eigenvalue weighted by Crippen LogP contribution is -2.32. The van der Waals surface area contributed by atoms with Crippen LogP contribution in [0.1, 0.15) is 40.5 Å². The molecule has 16 heavy (non-hydrogen) atoms. The Bertz CT molecular complexity index is 136. The minimum atomic E-state index is 0.371. The molecule has 3 nitrogen and oxygen atoms in total. The monoisotopic (exact) mass is 230 g/mol. The van der Waals surface area contributed by atoms with Gasteiger partial charge in [-0.05, 0) is 46.3 Å². The van der Waals surface area contributed by atoms with E-state index < -0.39 is 0 Å². The summed E-state index contributed by atoms with van der Waals surface area (Å²) in [6, 6.07) is 0. The van der Waals surface area contributed by atoms with Gasteiger partial charge in [0.05, 0.1) is 6.10 Å². The SMILES string of the molecule is CCN(CC)CCNCCCCOC(C)C. The zero-order valence-corrected chi connectivity index (χ0v) is 11.6. The maximum absolute atomic E-state index is 5.49. The largest absolute Gasteiger partial charge is 0.379 e. The lowest BCUT2D eigenvalue weighted by atomic mass is 10.3. The average Bonchev–Trinajstić information content (AvgIpc) is 2.27. The molecule has 0 amide bonds. The van der Waals surface area contributed by atoms with Gasteiger partial charge in [0.25, 0.3) is 0 Å². The van der Waals surface area contributed by atoms with Gasteiger partial charge < -0.3 is 15.0 Å². The molecule has 98 valence electrons. The van der Waals surface area contributed by atoms with Crippen molar-refractivity contribution in [2.45, 2.75) is 46.6 Å². The van der Waals surface area contributed by atoms with E-state index in [9.17, 15) is 0 Å². The summed E-state index contributed by atoms with van der Waals surface area (Å²) in [5, 5.41) is 3.48. The molecule has 0 aliphatic carbocycles. The van der Waals surface area contributed by atoms with Crippen LogP contribution in [0.5, 0.6) is 0 Å². The van der Waals surface area contributed by atoms with Crippen LogP contribution in [-0.4, -0.2) is 50.3 Å². The van der Waals surface area contributed by atoms with E-state index in [1.54, 1.807) is 0 Å². The second-order valence-corrected chi connectivity index (χ2v) is 4.40. The van der Waals surface area contributed by atoms with E-state index >= 15 is 0 Å². The van der Waals surface area contributed by atoms with E-state index in [0.717, 1.165) is 45.8 Å². The third-order valence-electron chi connectivity index (χ3n) is 2.70. The molecule has 0 saturated heterocycles. The summed E-state index contributed by atoms with van der Waals surface area (Å²) >= 11 is 0. The van der Waals surface area contributed by atoms with Crippen molar-refractivity contribution in [2.24, 2.45) is 0 Å². The van der Waals surface area contributed by atoms with E-state index in [1.807, 2.05) is 0 Å². The molecule has 0 aliphatic heterocycles. The summed E-state index contributed by atoms with van der Waals surface area (Å²) in [5.74, 6) is 0. The van der Waals surface area contributed by atoms with Gasteiger partial charge in [-0.15, -0.1) is 0 Å². The highest BCUT2D eigenvalue weighted by Crippen LogP contribution is 1.93. The van der Waals surface area contributed by atoms with E-state index in [0.29, 0.717) is 6.10 Å². The highest BCUT2D eigenvalue weighted by atomic mass is 16.5. The van der Waals surface area contributed by atoms with Crippen molar-refractivity contribution < 1.29 is 4.74 Å². The van der Waals surface area contributed by atoms with Crippen LogP contribution in [0.4, 0.5) is 0 Å². The second kappa shape index (κ2) is 11.4. The van der Waals surface area contributed by atoms with E-state index in [-0.39, 0.29) is 0 Å². The molecule has 0 heterocycles. The number of hydrogen-bond acceptors (Lipinski definition) is 3. The van der Waals surface area contributed by atoms with Gasteiger partial charge in [0.1, 0.15) is 0 Å². The average molecular weight is 230 g/mol. The van der Waals surface area contributed by atoms with Crippen molar-refractivity contribution in [1.82, 2.24) is 10.2 Å². The summed E-state index contributed by atoms with van der Waals surface area (Å²) in [6.45, 7) is 15.2. The molecule has 0 atom stereocenters. The minimum absolute atomic E-state index is 0.371. The van der Waals surface area contributed by atoms with Crippen LogP contribution < -0.4 is 5.32 Å². The van der Waals surface area contributed by atoms with Gasteiger partial charge in [-0.3, -0.25) is 0 Å². The maximum atomic E-state index is 5.49. The van der Waals surface area contributed by atoms with E-state index in [4.69, 9.17) is 4.74 Å². The molecule has 0 aromatic carbocycles. The van der Waals surface area contributed by atoms with Crippen molar-refractivity contribution in [1.29, 1.82) is 0 Å². The fourth-order valence-electron chi connectivity index (χ4n) is 1.57. The maximum Gasteiger partial charge on any atom is 0.0518 e. The third kappa shape index (κ3) is 10.4. The van der Waals surface area contributed by atoms with Crippen LogP contribution in [0.3, 0.4) is 0 Å². The standard InChI is InChI=1S/C13H30N2O/c1-5-15(6-2)11-10-14-9-7-8-12-16-13(3)4/h13-14H,5-12H2,1-4H3. The predicted octanol–water partition coefficient (Wildman–Crippen LogP) is 2.12. The predicted molar refractivity (Wildman–Crippen MR) is 71.0 cm³/mol. The fourth-order valence-corrected chi connectivity index (χ4v) is 1.57. The molecule has 0 fully saturated rings. The van der Waals surface area contributed by atoms with Crippen molar-refractivity contribution in [3.8, 4) is 0 Å². The molecule has 1 N–H and O–H groups in total. The molecule has 0 bridgehead atoms. The van der Waals surface area contributed by atoms with Gasteiger partial charge in [0, 0.05) is 19.7 Å². The lowest BCUT2D eigenvalue weighted by molar-refractivity contribution is 0.0760. The summed E-state index contributed by atoms with van der Waals surface area (Å²) in [5.41, 5.74) is 0. The van der Waals surface area contributed by atoms with Crippen LogP contribution >= 0.6 is 0 Å². The smallest absolute Gasteiger partial charge is 0.0518 e. The molecular weight excluding hydrogens is 200 g/mol. The molecule has 0 unspecified atom stereocenters. The zero-order valence-electron chi connectivity index (χ0n) is 11.6. The summed E-state index contributed by atoms with van der Waals surface area (Å²) in [6.07, 6.45) is 2.75. The van der Waals surface area contributed by atoms with E-state index in [1.165, 1.54) is 6.42 Å². The highest BCUT2D eigenvalue weighted by molar-refractivity contribution is 4.55. The quantitative estimate of drug-likeness (QED) is 0.550. The summed E-state index contributed by atoms with van der Waals surface area (Å²) < 4.78 is 5.49. The van der Waals surface area contributed by atoms with Crippen LogP contribution in [-0.2, 0) is 4.74 Å². The molecule has 0 radical (unpaired) electrons. The Morgan fingerprint density at radius 3 is 2.31 bits per heavy atom. The number of hydrogen-bond donors (Lipinski definition) is 1. The fraction of sp³-hybridized carbons (Fsp3) is 1.00. The third-order valence-corrected chi connectivity index (χ3v) is 2.70. The molecule has 0 rings (SSSR count). The molecule has 0 aromatic rings. The first kappa shape index (κ1) is 15.9. The number of likely N-dealkylation sites (N-methyl/N-ethyl adjacent to an activating group) is 1. The Hall–Kier alpha value is -0.120. The van der Waals surface area contributed by atoms with Crippen molar-refractivity contribution in [3.05, 3.63) is 0 Å². The molecule has 3 heteroatoms. The first-order valence-electron chi connectivity index (χ1n) is 6.75. The van der Waals surface area contributed by atoms with Gasteiger partial charge in [0.15, 0.2) is 0 Å². The van der Waals surface area contributed by atoms with Crippen molar-refractivity contribution in [2.75, 3.05) is 39.3 Å². The number of rotatable bonds is 11. The van der Waals surface area contributed by atoms with Gasteiger partial charge in [-0.1, -0.05) is 13.8 Å². The minimum Gasteiger partial charge on any atom is -0.379 e. The number of nitrogens with zero attached hydrogens (tertiary/aromatic N) is 1. The van der Waals surface area contributed by atoms with Gasteiger partial charge in [-0.25, -0.2) is 0 Å². The van der Waals surface area contributed by atoms with Crippen molar-refractivity contribution in [3.63, 3.8) is 0 Å². The topological polar surface area (TPSA) is 24.5 Å². The Morgan fingerprint density at radius 1 is 1.06 bits per heavy atom. The Morgan fingerprint density at radius 2 is 1.75 bits per heavy atom. The first-order valence-corrected chi connectivity index (χ1v) is 6.75. The first-order chi connectivity index (χ1) is 7.70. The Labute approximate surface area is 102 Å². The van der Waals surface area contributed by atoms with Crippen LogP contribution in [0.15, 0.2) is 0 Å². The Kier molecular flexibility index (Phi) is 11.3. The Balaban J connectivity index is 3.09. The number of ether oxygens (including phenoxy) is 1. The van der Waals surface area contributed by atoms with Gasteiger partial charge >= 0.3 is 0 Å². The van der Waals surface area contributed by atoms with Gasteiger partial charge in [0.2, 0.25) is 0 Å². The molecule has 0 aliphatic rings. The highest BCUT2D eigenvalue weighted by Gasteiger charge is 1.97. The molecule has 0 saturated carbocycles. The number of nitrogens with one attached hydrogen (secondary N) is 1.